The molecule has 2 aromatic carbocycles. The van der Waals surface area contributed by atoms with Crippen molar-refractivity contribution in [1.29, 1.82) is 0 Å². The van der Waals surface area contributed by atoms with Crippen molar-refractivity contribution in [2.75, 3.05) is 12.1 Å². The van der Waals surface area contributed by atoms with Gasteiger partial charge in [0.05, 0.1) is 10.7 Å². The van der Waals surface area contributed by atoms with Crippen LogP contribution in [0.15, 0.2) is 42.5 Å². The van der Waals surface area contributed by atoms with Gasteiger partial charge in [-0.25, -0.2) is 0 Å². The summed E-state index contributed by atoms with van der Waals surface area (Å²) in [7, 11) is 0. The van der Waals surface area contributed by atoms with Crippen molar-refractivity contribution >= 4 is 40.9 Å². The summed E-state index contributed by atoms with van der Waals surface area (Å²) in [6.45, 7) is 0.220. The van der Waals surface area contributed by atoms with Crippen molar-refractivity contribution in [2.45, 2.75) is 0 Å². The van der Waals surface area contributed by atoms with Crippen molar-refractivity contribution in [3.63, 3.8) is 0 Å². The summed E-state index contributed by atoms with van der Waals surface area (Å²) in [5.41, 5.74) is 1.34. The van der Waals surface area contributed by atoms with Gasteiger partial charge < -0.3 is 14.8 Å². The Labute approximate surface area is 137 Å². The Morgan fingerprint density at radius 2 is 1.91 bits per heavy atom. The molecule has 1 N–H and O–H groups in total. The molecule has 0 aromatic heterocycles. The third-order valence-corrected chi connectivity index (χ3v) is 3.56. The number of rotatable bonds is 3. The molecule has 112 valence electrons. The molecule has 0 radical (unpaired) electrons. The predicted molar refractivity (Wildman–Crippen MR) is 86.7 cm³/mol. The second-order valence-electron chi connectivity index (χ2n) is 4.56. The number of fused-ring (bicyclic) bond motifs is 1. The van der Waals surface area contributed by atoms with E-state index in [0.29, 0.717) is 27.2 Å². The lowest BCUT2D eigenvalue weighted by Gasteiger charge is -2.05. The molecule has 0 aliphatic carbocycles. The number of hydrogen-bond acceptors (Lipinski definition) is 3. The monoisotopic (exact) mass is 335 g/mol. The number of benzene rings is 2. The van der Waals surface area contributed by atoms with Crippen molar-refractivity contribution in [3.8, 4) is 11.5 Å². The molecule has 0 atom stereocenters. The maximum atomic E-state index is 11.9. The van der Waals surface area contributed by atoms with Crippen LogP contribution in [0, 0.1) is 0 Å². The number of amides is 1. The minimum atomic E-state index is -0.290. The lowest BCUT2D eigenvalue weighted by molar-refractivity contribution is -0.111. The average Bonchev–Trinajstić information content (AvgIpc) is 2.95. The number of hydrogen-bond donors (Lipinski definition) is 1. The van der Waals surface area contributed by atoms with E-state index in [2.05, 4.69) is 5.32 Å². The molecular formula is C16H11Cl2NO3. The van der Waals surface area contributed by atoms with Crippen LogP contribution in [0.4, 0.5) is 5.69 Å². The van der Waals surface area contributed by atoms with Crippen molar-refractivity contribution in [1.82, 2.24) is 0 Å². The molecule has 1 heterocycles. The minimum Gasteiger partial charge on any atom is -0.454 e. The van der Waals surface area contributed by atoms with Crippen LogP contribution < -0.4 is 14.8 Å². The zero-order chi connectivity index (χ0) is 15.5. The van der Waals surface area contributed by atoms with E-state index in [0.717, 1.165) is 5.56 Å². The van der Waals surface area contributed by atoms with E-state index < -0.39 is 0 Å². The Kier molecular flexibility index (Phi) is 4.22. The van der Waals surface area contributed by atoms with Gasteiger partial charge >= 0.3 is 0 Å². The van der Waals surface area contributed by atoms with Gasteiger partial charge in [-0.05, 0) is 42.0 Å². The van der Waals surface area contributed by atoms with E-state index in [1.807, 2.05) is 6.07 Å². The van der Waals surface area contributed by atoms with Gasteiger partial charge in [0.25, 0.3) is 0 Å². The summed E-state index contributed by atoms with van der Waals surface area (Å²) in [5.74, 6) is 1.08. The summed E-state index contributed by atoms with van der Waals surface area (Å²) < 4.78 is 10.5. The molecule has 3 rings (SSSR count). The Balaban J connectivity index is 1.68. The van der Waals surface area contributed by atoms with Gasteiger partial charge in [0.1, 0.15) is 0 Å². The molecule has 2 aromatic rings. The van der Waals surface area contributed by atoms with E-state index in [9.17, 15) is 4.79 Å². The first kappa shape index (κ1) is 14.8. The van der Waals surface area contributed by atoms with Crippen LogP contribution in [0.25, 0.3) is 6.08 Å². The van der Waals surface area contributed by atoms with Crippen molar-refractivity contribution < 1.29 is 14.3 Å². The standard InChI is InChI=1S/C16H11Cl2NO3/c17-11-3-4-13(12(18)8-11)19-16(20)6-2-10-1-5-14-15(7-10)22-9-21-14/h1-8H,9H2,(H,19,20)/b6-2-. The molecule has 0 saturated carbocycles. The first-order valence-corrected chi connectivity index (χ1v) is 7.21. The molecule has 0 spiro atoms. The molecule has 0 unspecified atom stereocenters. The highest BCUT2D eigenvalue weighted by Gasteiger charge is 2.12. The van der Waals surface area contributed by atoms with Gasteiger partial charge in [0, 0.05) is 11.1 Å². The fraction of sp³-hybridized carbons (Fsp3) is 0.0625. The van der Waals surface area contributed by atoms with Crippen LogP contribution in [-0.2, 0) is 4.79 Å². The van der Waals surface area contributed by atoms with Crippen LogP contribution in [0.2, 0.25) is 10.0 Å². The number of carbonyl (C=O) groups is 1. The molecule has 0 saturated heterocycles. The summed E-state index contributed by atoms with van der Waals surface area (Å²) >= 11 is 11.8. The summed E-state index contributed by atoms with van der Waals surface area (Å²) in [6.07, 6.45) is 3.10. The lowest BCUT2D eigenvalue weighted by atomic mass is 10.2. The third-order valence-electron chi connectivity index (χ3n) is 3.01. The van der Waals surface area contributed by atoms with Crippen molar-refractivity contribution in [2.24, 2.45) is 0 Å². The number of carbonyl (C=O) groups excluding carboxylic acids is 1. The fourth-order valence-electron chi connectivity index (χ4n) is 1.95. The van der Waals surface area contributed by atoms with Gasteiger partial charge in [0.2, 0.25) is 12.7 Å². The topological polar surface area (TPSA) is 47.6 Å². The van der Waals surface area contributed by atoms with Crippen LogP contribution in [0.5, 0.6) is 11.5 Å². The smallest absolute Gasteiger partial charge is 0.248 e. The molecular weight excluding hydrogens is 325 g/mol. The Morgan fingerprint density at radius 3 is 2.73 bits per heavy atom. The number of anilines is 1. The molecule has 4 nitrogen and oxygen atoms in total. The van der Waals surface area contributed by atoms with Gasteiger partial charge in [-0.1, -0.05) is 29.3 Å². The molecule has 1 aliphatic rings. The summed E-state index contributed by atoms with van der Waals surface area (Å²) in [4.78, 5) is 11.9. The van der Waals surface area contributed by atoms with Crippen LogP contribution >= 0.6 is 23.2 Å². The second-order valence-corrected chi connectivity index (χ2v) is 5.40. The Hall–Kier alpha value is -2.17. The largest absolute Gasteiger partial charge is 0.454 e. The molecule has 6 heteroatoms. The SMILES string of the molecule is O=C(/C=C\c1ccc2c(c1)OCO2)Nc1ccc(Cl)cc1Cl. The van der Waals surface area contributed by atoms with Gasteiger partial charge in [-0.15, -0.1) is 0 Å². The third kappa shape index (κ3) is 3.35. The average molecular weight is 336 g/mol. The fourth-order valence-corrected chi connectivity index (χ4v) is 2.41. The summed E-state index contributed by atoms with van der Waals surface area (Å²) in [5, 5.41) is 3.59. The Bertz CT molecular complexity index is 759. The Morgan fingerprint density at radius 1 is 1.09 bits per heavy atom. The predicted octanol–water partition coefficient (Wildman–Crippen LogP) is 4.37. The maximum Gasteiger partial charge on any atom is 0.248 e. The van der Waals surface area contributed by atoms with Crippen LogP contribution in [0.1, 0.15) is 5.56 Å². The highest BCUT2D eigenvalue weighted by molar-refractivity contribution is 6.36. The molecule has 22 heavy (non-hydrogen) atoms. The normalized spacial score (nSPS) is 12.6. The van der Waals surface area contributed by atoms with Gasteiger partial charge in [-0.3, -0.25) is 4.79 Å². The van der Waals surface area contributed by atoms with E-state index in [4.69, 9.17) is 32.7 Å². The first-order chi connectivity index (χ1) is 10.6. The van der Waals surface area contributed by atoms with Crippen LogP contribution in [0.3, 0.4) is 0 Å². The zero-order valence-electron chi connectivity index (χ0n) is 11.3. The number of ether oxygens (including phenoxy) is 2. The first-order valence-electron chi connectivity index (χ1n) is 6.45. The molecule has 0 fully saturated rings. The molecule has 1 amide bonds. The van der Waals surface area contributed by atoms with Gasteiger partial charge in [0.15, 0.2) is 11.5 Å². The highest BCUT2D eigenvalue weighted by atomic mass is 35.5. The zero-order valence-corrected chi connectivity index (χ0v) is 12.8. The number of nitrogens with one attached hydrogen (secondary N) is 1. The van der Waals surface area contributed by atoms with Gasteiger partial charge in [-0.2, -0.15) is 0 Å². The second kappa shape index (κ2) is 6.30. The number of halogens is 2. The maximum absolute atomic E-state index is 11.9. The van der Waals surface area contributed by atoms with E-state index in [1.54, 1.807) is 36.4 Å². The highest BCUT2D eigenvalue weighted by Crippen LogP contribution is 2.32. The van der Waals surface area contributed by atoms with E-state index in [1.165, 1.54) is 6.08 Å². The van der Waals surface area contributed by atoms with Crippen molar-refractivity contribution in [3.05, 3.63) is 58.1 Å². The van der Waals surface area contributed by atoms with E-state index in [-0.39, 0.29) is 12.7 Å². The van der Waals surface area contributed by atoms with Crippen LogP contribution in [-0.4, -0.2) is 12.7 Å². The molecule has 0 bridgehead atoms. The molecule has 1 aliphatic heterocycles. The minimum absolute atomic E-state index is 0.220. The summed E-state index contributed by atoms with van der Waals surface area (Å²) in [6, 6.07) is 10.3. The van der Waals surface area contributed by atoms with E-state index >= 15 is 0 Å². The quantitative estimate of drug-likeness (QED) is 0.847. The lowest BCUT2D eigenvalue weighted by Crippen LogP contribution is -2.08.